The number of nitrogens with one attached hydrogen (secondary N) is 1. The topological polar surface area (TPSA) is 49.3 Å². The lowest BCUT2D eigenvalue weighted by molar-refractivity contribution is -0.144. The predicted octanol–water partition coefficient (Wildman–Crippen LogP) is 1.63. The van der Waals surface area contributed by atoms with Gasteiger partial charge in [0.05, 0.1) is 0 Å². The van der Waals surface area contributed by atoms with Crippen LogP contribution in [0.25, 0.3) is 0 Å². The van der Waals surface area contributed by atoms with Gasteiger partial charge in [-0.2, -0.15) is 0 Å². The average Bonchev–Trinajstić information content (AvgIpc) is 2.72. The van der Waals surface area contributed by atoms with Gasteiger partial charge in [-0.05, 0) is 37.1 Å². The third-order valence-corrected chi connectivity index (χ3v) is 2.93. The lowest BCUT2D eigenvalue weighted by Crippen LogP contribution is -2.44. The molecule has 1 saturated heterocycles. The van der Waals surface area contributed by atoms with Crippen molar-refractivity contribution >= 4 is 5.97 Å². The van der Waals surface area contributed by atoms with Gasteiger partial charge in [0, 0.05) is 0 Å². The maximum atomic E-state index is 13.1. The maximum Gasteiger partial charge on any atom is 0.328 e. The van der Waals surface area contributed by atoms with Gasteiger partial charge in [0.15, 0.2) is 11.6 Å². The fourth-order valence-electron chi connectivity index (χ4n) is 2.06. The summed E-state index contributed by atoms with van der Waals surface area (Å²) in [5.41, 5.74) is -1.01. The Morgan fingerprint density at radius 1 is 1.38 bits per heavy atom. The molecule has 1 aromatic rings. The molecular weight excluding hydrogens is 216 g/mol. The van der Waals surface area contributed by atoms with Crippen LogP contribution in [-0.4, -0.2) is 17.6 Å². The molecule has 1 aliphatic rings. The molecule has 0 aromatic heterocycles. The Hall–Kier alpha value is -1.49. The summed E-state index contributed by atoms with van der Waals surface area (Å²) in [7, 11) is 0. The van der Waals surface area contributed by atoms with Gasteiger partial charge < -0.3 is 5.11 Å². The molecule has 16 heavy (non-hydrogen) atoms. The number of aliphatic carboxylic acids is 1. The smallest absolute Gasteiger partial charge is 0.328 e. The molecule has 1 aliphatic heterocycles. The molecule has 0 radical (unpaired) electrons. The Bertz CT molecular complexity index is 428. The first-order valence-corrected chi connectivity index (χ1v) is 5.00. The van der Waals surface area contributed by atoms with E-state index in [1.807, 2.05) is 0 Å². The van der Waals surface area contributed by atoms with Crippen LogP contribution in [0.2, 0.25) is 0 Å². The summed E-state index contributed by atoms with van der Waals surface area (Å²) in [5, 5.41) is 12.0. The fourth-order valence-corrected chi connectivity index (χ4v) is 2.06. The van der Waals surface area contributed by atoms with Crippen LogP contribution in [-0.2, 0) is 10.3 Å². The summed E-state index contributed by atoms with van der Waals surface area (Å²) in [4.78, 5) is 11.2. The fraction of sp³-hybridized carbons (Fsp3) is 0.364. The Balaban J connectivity index is 2.47. The zero-order chi connectivity index (χ0) is 11.8. The van der Waals surface area contributed by atoms with Gasteiger partial charge in [0.1, 0.15) is 5.54 Å². The highest BCUT2D eigenvalue weighted by Gasteiger charge is 2.43. The van der Waals surface area contributed by atoms with E-state index >= 15 is 0 Å². The summed E-state index contributed by atoms with van der Waals surface area (Å²) in [5.74, 6) is -3.05. The number of carbonyl (C=O) groups is 1. The van der Waals surface area contributed by atoms with Gasteiger partial charge in [0.25, 0.3) is 0 Å². The Morgan fingerprint density at radius 2 is 2.12 bits per heavy atom. The molecule has 0 saturated carbocycles. The molecule has 2 rings (SSSR count). The number of rotatable bonds is 2. The van der Waals surface area contributed by atoms with Crippen molar-refractivity contribution in [2.75, 3.05) is 6.54 Å². The minimum atomic E-state index is -1.27. The highest BCUT2D eigenvalue weighted by molar-refractivity contribution is 5.81. The van der Waals surface area contributed by atoms with Crippen molar-refractivity contribution in [3.05, 3.63) is 35.4 Å². The molecule has 0 bridgehead atoms. The normalized spacial score (nSPS) is 24.6. The van der Waals surface area contributed by atoms with Crippen molar-refractivity contribution in [2.24, 2.45) is 0 Å². The Morgan fingerprint density at radius 3 is 2.62 bits per heavy atom. The van der Waals surface area contributed by atoms with E-state index in [0.29, 0.717) is 19.4 Å². The van der Waals surface area contributed by atoms with Gasteiger partial charge in [0.2, 0.25) is 0 Å². The number of halogens is 2. The lowest BCUT2D eigenvalue weighted by atomic mass is 9.88. The summed E-state index contributed by atoms with van der Waals surface area (Å²) in [6, 6.07) is 3.21. The highest BCUT2D eigenvalue weighted by atomic mass is 19.2. The Kier molecular flexibility index (Phi) is 2.63. The molecule has 0 aliphatic carbocycles. The minimum Gasteiger partial charge on any atom is -0.480 e. The summed E-state index contributed by atoms with van der Waals surface area (Å²) < 4.78 is 25.8. The van der Waals surface area contributed by atoms with Crippen LogP contribution < -0.4 is 5.32 Å². The third-order valence-electron chi connectivity index (χ3n) is 2.93. The second-order valence-electron chi connectivity index (χ2n) is 3.87. The first kappa shape index (κ1) is 11.0. The quantitative estimate of drug-likeness (QED) is 0.807. The largest absolute Gasteiger partial charge is 0.480 e. The predicted molar refractivity (Wildman–Crippen MR) is 52.9 cm³/mol. The van der Waals surface area contributed by atoms with Crippen molar-refractivity contribution in [1.82, 2.24) is 5.32 Å². The van der Waals surface area contributed by atoms with E-state index in [1.54, 1.807) is 0 Å². The van der Waals surface area contributed by atoms with Gasteiger partial charge in [-0.15, -0.1) is 0 Å². The van der Waals surface area contributed by atoms with Gasteiger partial charge in [-0.3, -0.25) is 5.32 Å². The molecule has 1 aromatic carbocycles. The summed E-state index contributed by atoms with van der Waals surface area (Å²) in [6.45, 7) is 0.561. The maximum absolute atomic E-state index is 13.1. The number of benzene rings is 1. The van der Waals surface area contributed by atoms with Crippen LogP contribution in [0.3, 0.4) is 0 Å². The standard InChI is InChI=1S/C11H11F2NO2/c12-8-3-2-7(6-9(8)13)11(10(15)16)4-1-5-14-11/h2-3,6,14H,1,4-5H2,(H,15,16). The first-order chi connectivity index (χ1) is 7.56. The van der Waals surface area contributed by atoms with E-state index in [-0.39, 0.29) is 5.56 Å². The van der Waals surface area contributed by atoms with Crippen LogP contribution in [0.15, 0.2) is 18.2 Å². The molecule has 1 fully saturated rings. The van der Waals surface area contributed by atoms with Crippen molar-refractivity contribution in [3.63, 3.8) is 0 Å². The van der Waals surface area contributed by atoms with E-state index < -0.39 is 23.1 Å². The number of carboxylic acid groups (broad SMARTS) is 1. The molecule has 5 heteroatoms. The number of hydrogen-bond donors (Lipinski definition) is 2. The molecule has 2 N–H and O–H groups in total. The summed E-state index contributed by atoms with van der Waals surface area (Å²) >= 11 is 0. The molecule has 86 valence electrons. The van der Waals surface area contributed by atoms with Gasteiger partial charge in [-0.1, -0.05) is 6.07 Å². The first-order valence-electron chi connectivity index (χ1n) is 5.00. The molecular formula is C11H11F2NO2. The van der Waals surface area contributed by atoms with Crippen LogP contribution in [0, 0.1) is 11.6 Å². The lowest BCUT2D eigenvalue weighted by Gasteiger charge is -2.24. The van der Waals surface area contributed by atoms with Crippen LogP contribution >= 0.6 is 0 Å². The van der Waals surface area contributed by atoms with Crippen LogP contribution in [0.1, 0.15) is 18.4 Å². The minimum absolute atomic E-state index is 0.261. The molecule has 0 spiro atoms. The van der Waals surface area contributed by atoms with E-state index in [1.165, 1.54) is 6.07 Å². The van der Waals surface area contributed by atoms with E-state index in [9.17, 15) is 18.7 Å². The van der Waals surface area contributed by atoms with Crippen molar-refractivity contribution < 1.29 is 18.7 Å². The third kappa shape index (κ3) is 1.57. The molecule has 1 heterocycles. The number of carboxylic acids is 1. The van der Waals surface area contributed by atoms with Crippen molar-refractivity contribution in [2.45, 2.75) is 18.4 Å². The molecule has 1 atom stereocenters. The monoisotopic (exact) mass is 227 g/mol. The summed E-state index contributed by atoms with van der Waals surface area (Å²) in [6.07, 6.45) is 1.08. The Labute approximate surface area is 91.1 Å². The van der Waals surface area contributed by atoms with E-state index in [2.05, 4.69) is 5.32 Å². The SMILES string of the molecule is O=C(O)C1(c2ccc(F)c(F)c2)CCCN1. The zero-order valence-electron chi connectivity index (χ0n) is 8.46. The van der Waals surface area contributed by atoms with E-state index in [4.69, 9.17) is 0 Å². The second-order valence-corrected chi connectivity index (χ2v) is 3.87. The van der Waals surface area contributed by atoms with Gasteiger partial charge >= 0.3 is 5.97 Å². The van der Waals surface area contributed by atoms with Crippen molar-refractivity contribution in [3.8, 4) is 0 Å². The molecule has 1 unspecified atom stereocenters. The number of hydrogen-bond acceptors (Lipinski definition) is 2. The molecule has 3 nitrogen and oxygen atoms in total. The average molecular weight is 227 g/mol. The van der Waals surface area contributed by atoms with Crippen LogP contribution in [0.4, 0.5) is 8.78 Å². The zero-order valence-corrected chi connectivity index (χ0v) is 8.46. The molecule has 0 amide bonds. The van der Waals surface area contributed by atoms with Crippen LogP contribution in [0.5, 0.6) is 0 Å². The van der Waals surface area contributed by atoms with Gasteiger partial charge in [-0.25, -0.2) is 13.6 Å². The highest BCUT2D eigenvalue weighted by Crippen LogP contribution is 2.31. The van der Waals surface area contributed by atoms with E-state index in [0.717, 1.165) is 12.1 Å². The second kappa shape index (κ2) is 3.83. The van der Waals surface area contributed by atoms with Crippen molar-refractivity contribution in [1.29, 1.82) is 0 Å².